The second-order valence-electron chi connectivity index (χ2n) is 3.00. The van der Waals surface area contributed by atoms with Crippen molar-refractivity contribution in [1.29, 1.82) is 0 Å². The van der Waals surface area contributed by atoms with Crippen molar-refractivity contribution in [3.63, 3.8) is 0 Å². The highest BCUT2D eigenvalue weighted by molar-refractivity contribution is 5.84. The summed E-state index contributed by atoms with van der Waals surface area (Å²) in [6.45, 7) is 0. The smallest absolute Gasteiger partial charge is 0.339 e. The molecule has 0 bridgehead atoms. The number of hydrogen-bond acceptors (Lipinski definition) is 4. The quantitative estimate of drug-likeness (QED) is 0.703. The lowest BCUT2D eigenvalue weighted by atomic mass is 10.2. The molecule has 1 heterocycles. The van der Waals surface area contributed by atoms with Gasteiger partial charge < -0.3 is 13.9 Å². The van der Waals surface area contributed by atoms with E-state index in [4.69, 9.17) is 13.9 Å². The van der Waals surface area contributed by atoms with Crippen LogP contribution in [0.25, 0.3) is 11.0 Å². The summed E-state index contributed by atoms with van der Waals surface area (Å²) >= 11 is 0. The Bertz CT molecular complexity index is 542. The Hall–Kier alpha value is -1.97. The molecule has 0 N–H and O–H groups in total. The molecule has 0 saturated heterocycles. The summed E-state index contributed by atoms with van der Waals surface area (Å²) in [6, 6.07) is 6.47. The predicted molar refractivity (Wildman–Crippen MR) is 55.6 cm³/mol. The fourth-order valence-corrected chi connectivity index (χ4v) is 1.41. The molecule has 0 fully saturated rings. The molecular formula is C11H10O4. The summed E-state index contributed by atoms with van der Waals surface area (Å²) in [5.74, 6) is 1.18. The van der Waals surface area contributed by atoms with Crippen LogP contribution in [0.1, 0.15) is 0 Å². The normalized spacial score (nSPS) is 10.3. The third-order valence-corrected chi connectivity index (χ3v) is 2.13. The molecule has 0 unspecified atom stereocenters. The van der Waals surface area contributed by atoms with Gasteiger partial charge >= 0.3 is 5.63 Å². The van der Waals surface area contributed by atoms with Crippen molar-refractivity contribution in [3.05, 3.63) is 34.7 Å². The van der Waals surface area contributed by atoms with E-state index in [1.54, 1.807) is 25.3 Å². The minimum atomic E-state index is -0.426. The predicted octanol–water partition coefficient (Wildman–Crippen LogP) is 1.81. The molecule has 1 aromatic carbocycles. The highest BCUT2D eigenvalue weighted by Crippen LogP contribution is 2.27. The molecule has 4 heteroatoms. The first-order valence-electron chi connectivity index (χ1n) is 4.40. The second kappa shape index (κ2) is 3.65. The lowest BCUT2D eigenvalue weighted by molar-refractivity contribution is 0.408. The van der Waals surface area contributed by atoms with E-state index >= 15 is 0 Å². The van der Waals surface area contributed by atoms with Gasteiger partial charge in [-0.3, -0.25) is 0 Å². The topological polar surface area (TPSA) is 48.7 Å². The number of fused-ring (bicyclic) bond motifs is 1. The van der Waals surface area contributed by atoms with Crippen LogP contribution in [0.3, 0.4) is 0 Å². The average Bonchev–Trinajstić information content (AvgIpc) is 2.27. The number of ether oxygens (including phenoxy) is 2. The summed E-state index contributed by atoms with van der Waals surface area (Å²) in [7, 11) is 3.08. The fourth-order valence-electron chi connectivity index (χ4n) is 1.41. The molecule has 4 nitrogen and oxygen atoms in total. The lowest BCUT2D eigenvalue weighted by Crippen LogP contribution is -1.98. The van der Waals surface area contributed by atoms with E-state index in [-0.39, 0.29) is 0 Å². The molecule has 0 atom stereocenters. The Morgan fingerprint density at radius 2 is 1.93 bits per heavy atom. The molecule has 78 valence electrons. The van der Waals surface area contributed by atoms with Gasteiger partial charge in [0.25, 0.3) is 0 Å². The molecule has 0 saturated carbocycles. The molecule has 2 aromatic rings. The van der Waals surface area contributed by atoms with Crippen LogP contribution in [0.4, 0.5) is 0 Å². The SMILES string of the molecule is COc1ccc2oc(=O)cc(OC)c2c1. The average molecular weight is 206 g/mol. The van der Waals surface area contributed by atoms with Crippen LogP contribution in [-0.2, 0) is 0 Å². The molecule has 0 aliphatic rings. The zero-order valence-corrected chi connectivity index (χ0v) is 8.44. The molecule has 0 aliphatic heterocycles. The van der Waals surface area contributed by atoms with E-state index in [9.17, 15) is 4.79 Å². The van der Waals surface area contributed by atoms with Gasteiger partial charge in [-0.05, 0) is 18.2 Å². The molecule has 1 aromatic heterocycles. The number of benzene rings is 1. The summed E-state index contributed by atoms with van der Waals surface area (Å²) in [5, 5.41) is 0.719. The monoisotopic (exact) mass is 206 g/mol. The molecule has 0 aliphatic carbocycles. The van der Waals surface area contributed by atoms with Gasteiger partial charge in [0.2, 0.25) is 0 Å². The summed E-state index contributed by atoms with van der Waals surface area (Å²) in [5.41, 5.74) is 0.0599. The van der Waals surface area contributed by atoms with E-state index in [0.717, 1.165) is 5.39 Å². The Kier molecular flexibility index (Phi) is 2.33. The maximum Gasteiger partial charge on any atom is 0.339 e. The van der Waals surface area contributed by atoms with Crippen LogP contribution in [0.2, 0.25) is 0 Å². The van der Waals surface area contributed by atoms with E-state index in [2.05, 4.69) is 0 Å². The molecular weight excluding hydrogens is 196 g/mol. The van der Waals surface area contributed by atoms with Crippen molar-refractivity contribution in [2.75, 3.05) is 14.2 Å². The number of methoxy groups -OCH3 is 2. The highest BCUT2D eigenvalue weighted by Gasteiger charge is 2.06. The first kappa shape index (κ1) is 9.58. The number of rotatable bonds is 2. The summed E-state index contributed by atoms with van der Waals surface area (Å²) in [6.07, 6.45) is 0. The third kappa shape index (κ3) is 1.66. The first-order chi connectivity index (χ1) is 7.24. The van der Waals surface area contributed by atoms with Crippen LogP contribution < -0.4 is 15.1 Å². The van der Waals surface area contributed by atoms with Gasteiger partial charge in [0.15, 0.2) is 0 Å². The third-order valence-electron chi connectivity index (χ3n) is 2.13. The Labute approximate surface area is 86.0 Å². The van der Waals surface area contributed by atoms with Crippen molar-refractivity contribution >= 4 is 11.0 Å². The van der Waals surface area contributed by atoms with Gasteiger partial charge in [0, 0.05) is 0 Å². The van der Waals surface area contributed by atoms with Crippen LogP contribution in [0.5, 0.6) is 11.5 Å². The minimum Gasteiger partial charge on any atom is -0.497 e. The fraction of sp³-hybridized carbons (Fsp3) is 0.182. The van der Waals surface area contributed by atoms with Gasteiger partial charge in [0.1, 0.15) is 17.1 Å². The lowest BCUT2D eigenvalue weighted by Gasteiger charge is -2.05. The maximum absolute atomic E-state index is 11.1. The van der Waals surface area contributed by atoms with Gasteiger partial charge in [-0.15, -0.1) is 0 Å². The van der Waals surface area contributed by atoms with Crippen molar-refractivity contribution < 1.29 is 13.9 Å². The van der Waals surface area contributed by atoms with E-state index in [1.807, 2.05) is 0 Å². The van der Waals surface area contributed by atoms with Crippen molar-refractivity contribution in [3.8, 4) is 11.5 Å². The summed E-state index contributed by atoms with van der Waals surface area (Å²) < 4.78 is 15.2. The largest absolute Gasteiger partial charge is 0.497 e. The van der Waals surface area contributed by atoms with Gasteiger partial charge in [-0.2, -0.15) is 0 Å². The molecule has 0 spiro atoms. The van der Waals surface area contributed by atoms with Gasteiger partial charge in [-0.25, -0.2) is 4.79 Å². The number of hydrogen-bond donors (Lipinski definition) is 0. The zero-order valence-electron chi connectivity index (χ0n) is 8.44. The first-order valence-corrected chi connectivity index (χ1v) is 4.40. The van der Waals surface area contributed by atoms with Crippen molar-refractivity contribution in [2.45, 2.75) is 0 Å². The van der Waals surface area contributed by atoms with E-state index in [0.29, 0.717) is 17.1 Å². The minimum absolute atomic E-state index is 0.426. The van der Waals surface area contributed by atoms with Crippen molar-refractivity contribution in [1.82, 2.24) is 0 Å². The zero-order chi connectivity index (χ0) is 10.8. The Balaban J connectivity index is 2.79. The standard InChI is InChI=1S/C11H10O4/c1-13-7-3-4-9-8(5-7)10(14-2)6-11(12)15-9/h3-6H,1-2H3. The molecule has 0 radical (unpaired) electrons. The Morgan fingerprint density at radius 3 is 2.60 bits per heavy atom. The highest BCUT2D eigenvalue weighted by atomic mass is 16.5. The maximum atomic E-state index is 11.1. The van der Waals surface area contributed by atoms with Crippen LogP contribution >= 0.6 is 0 Å². The molecule has 0 amide bonds. The molecule has 15 heavy (non-hydrogen) atoms. The van der Waals surface area contributed by atoms with Crippen molar-refractivity contribution in [2.24, 2.45) is 0 Å². The van der Waals surface area contributed by atoms with Crippen LogP contribution in [0.15, 0.2) is 33.5 Å². The van der Waals surface area contributed by atoms with Gasteiger partial charge in [0.05, 0.1) is 25.7 Å². The molecule has 2 rings (SSSR count). The van der Waals surface area contributed by atoms with E-state index < -0.39 is 5.63 Å². The van der Waals surface area contributed by atoms with E-state index in [1.165, 1.54) is 13.2 Å². The van der Waals surface area contributed by atoms with Crippen LogP contribution in [0, 0.1) is 0 Å². The van der Waals surface area contributed by atoms with Crippen LogP contribution in [-0.4, -0.2) is 14.2 Å². The summed E-state index contributed by atoms with van der Waals surface area (Å²) in [4.78, 5) is 11.1. The Morgan fingerprint density at radius 1 is 1.13 bits per heavy atom. The van der Waals surface area contributed by atoms with Gasteiger partial charge in [-0.1, -0.05) is 0 Å². The second-order valence-corrected chi connectivity index (χ2v) is 3.00.